The van der Waals surface area contributed by atoms with Crippen LogP contribution in [0.15, 0.2) is 24.3 Å². The highest BCUT2D eigenvalue weighted by molar-refractivity contribution is 5.25. The van der Waals surface area contributed by atoms with E-state index in [-0.39, 0.29) is 6.29 Å². The van der Waals surface area contributed by atoms with Crippen molar-refractivity contribution in [1.29, 1.82) is 0 Å². The number of aryl methyl sites for hydroxylation is 1. The minimum absolute atomic E-state index is 0.357. The molecule has 0 radical (unpaired) electrons. The van der Waals surface area contributed by atoms with E-state index in [1.807, 2.05) is 13.8 Å². The van der Waals surface area contributed by atoms with Crippen LogP contribution in [0, 0.1) is 0 Å². The van der Waals surface area contributed by atoms with Gasteiger partial charge in [-0.3, -0.25) is 0 Å². The Balaban J connectivity index is 2.61. The molecule has 0 aliphatic heterocycles. The van der Waals surface area contributed by atoms with Crippen molar-refractivity contribution in [2.75, 3.05) is 13.2 Å². The van der Waals surface area contributed by atoms with Crippen molar-refractivity contribution in [3.8, 4) is 0 Å². The normalized spacial score (nSPS) is 12.1. The van der Waals surface area contributed by atoms with Crippen LogP contribution in [-0.4, -0.2) is 19.5 Å². The summed E-state index contributed by atoms with van der Waals surface area (Å²) in [5.74, 6) is 0. The maximum atomic E-state index is 12.6. The fourth-order valence-electron chi connectivity index (χ4n) is 1.77. The third-order valence-corrected chi connectivity index (χ3v) is 2.63. The van der Waals surface area contributed by atoms with Gasteiger partial charge in [0.1, 0.15) is 0 Å². The van der Waals surface area contributed by atoms with Crippen LogP contribution in [0.4, 0.5) is 13.2 Å². The van der Waals surface area contributed by atoms with Crippen LogP contribution >= 0.6 is 0 Å². The summed E-state index contributed by atoms with van der Waals surface area (Å²) in [6.07, 6.45) is -3.61. The van der Waals surface area contributed by atoms with Gasteiger partial charge in [0.05, 0.1) is 5.56 Å². The van der Waals surface area contributed by atoms with Gasteiger partial charge >= 0.3 is 6.18 Å². The van der Waals surface area contributed by atoms with Gasteiger partial charge in [-0.25, -0.2) is 0 Å². The van der Waals surface area contributed by atoms with Crippen LogP contribution in [0.1, 0.15) is 31.4 Å². The first kappa shape index (κ1) is 16.0. The molecule has 0 saturated carbocycles. The number of halogens is 3. The molecule has 19 heavy (non-hydrogen) atoms. The second-order valence-electron chi connectivity index (χ2n) is 4.08. The Morgan fingerprint density at radius 2 is 1.74 bits per heavy atom. The van der Waals surface area contributed by atoms with Gasteiger partial charge in [-0.15, -0.1) is 0 Å². The Hall–Kier alpha value is -1.07. The van der Waals surface area contributed by atoms with Crippen LogP contribution in [0.3, 0.4) is 0 Å². The van der Waals surface area contributed by atoms with Crippen LogP contribution in [-0.2, 0) is 22.1 Å². The van der Waals surface area contributed by atoms with Gasteiger partial charge in [-0.2, -0.15) is 13.2 Å². The van der Waals surface area contributed by atoms with Gasteiger partial charge in [-0.05, 0) is 31.9 Å². The van der Waals surface area contributed by atoms with Crippen molar-refractivity contribution in [2.24, 2.45) is 0 Å². The van der Waals surface area contributed by atoms with Gasteiger partial charge in [0.15, 0.2) is 6.29 Å². The fourth-order valence-corrected chi connectivity index (χ4v) is 1.77. The summed E-state index contributed by atoms with van der Waals surface area (Å²) in [6, 6.07) is 5.36. The summed E-state index contributed by atoms with van der Waals surface area (Å²) in [5.41, 5.74) is 0.0219. The SMILES string of the molecule is CCOC(CCc1cccc(C(F)(F)F)c1)OCC. The molecule has 0 N–H and O–H groups in total. The van der Waals surface area contributed by atoms with Crippen molar-refractivity contribution in [3.05, 3.63) is 35.4 Å². The number of hydrogen-bond acceptors (Lipinski definition) is 2. The molecule has 0 heterocycles. The molecule has 0 spiro atoms. The molecular formula is C14H19F3O2. The average Bonchev–Trinajstić information content (AvgIpc) is 2.36. The zero-order chi connectivity index (χ0) is 14.3. The number of alkyl halides is 3. The average molecular weight is 276 g/mol. The highest BCUT2D eigenvalue weighted by Gasteiger charge is 2.30. The highest BCUT2D eigenvalue weighted by Crippen LogP contribution is 2.29. The van der Waals surface area contributed by atoms with E-state index in [0.717, 1.165) is 6.07 Å². The number of hydrogen-bond donors (Lipinski definition) is 0. The lowest BCUT2D eigenvalue weighted by molar-refractivity contribution is -0.139. The van der Waals surface area contributed by atoms with Crippen LogP contribution in [0.2, 0.25) is 0 Å². The van der Waals surface area contributed by atoms with E-state index >= 15 is 0 Å². The third kappa shape index (κ3) is 5.61. The predicted octanol–water partition coefficient (Wildman–Crippen LogP) is 4.04. The van der Waals surface area contributed by atoms with Crippen molar-refractivity contribution in [3.63, 3.8) is 0 Å². The molecule has 0 amide bonds. The van der Waals surface area contributed by atoms with Crippen molar-refractivity contribution < 1.29 is 22.6 Å². The van der Waals surface area contributed by atoms with Crippen LogP contribution in [0.5, 0.6) is 0 Å². The van der Waals surface area contributed by atoms with E-state index in [1.165, 1.54) is 12.1 Å². The summed E-state index contributed by atoms with van der Waals surface area (Å²) in [4.78, 5) is 0. The largest absolute Gasteiger partial charge is 0.416 e. The molecule has 0 atom stereocenters. The summed E-state index contributed by atoms with van der Waals surface area (Å²) < 4.78 is 48.4. The first-order valence-electron chi connectivity index (χ1n) is 6.36. The van der Waals surface area contributed by atoms with Gasteiger partial charge in [0.25, 0.3) is 0 Å². The fraction of sp³-hybridized carbons (Fsp3) is 0.571. The smallest absolute Gasteiger partial charge is 0.353 e. The first-order valence-corrected chi connectivity index (χ1v) is 6.36. The van der Waals surface area contributed by atoms with Crippen molar-refractivity contribution in [2.45, 2.75) is 39.2 Å². The number of rotatable bonds is 7. The molecule has 0 saturated heterocycles. The van der Waals surface area contributed by atoms with E-state index in [2.05, 4.69) is 0 Å². The Labute approximate surface area is 111 Å². The molecular weight excluding hydrogens is 257 g/mol. The van der Waals surface area contributed by atoms with E-state index in [4.69, 9.17) is 9.47 Å². The Bertz CT molecular complexity index is 371. The lowest BCUT2D eigenvalue weighted by Crippen LogP contribution is -2.18. The molecule has 0 aliphatic carbocycles. The number of benzene rings is 1. The Morgan fingerprint density at radius 1 is 1.11 bits per heavy atom. The Kier molecular flexibility index (Phi) is 6.31. The second-order valence-corrected chi connectivity index (χ2v) is 4.08. The van der Waals surface area contributed by atoms with Crippen LogP contribution in [0.25, 0.3) is 0 Å². The minimum atomic E-state index is -4.30. The number of ether oxygens (including phenoxy) is 2. The molecule has 1 aromatic carbocycles. The van der Waals surface area contributed by atoms with Crippen molar-refractivity contribution >= 4 is 0 Å². The third-order valence-electron chi connectivity index (χ3n) is 2.63. The van der Waals surface area contributed by atoms with E-state index < -0.39 is 11.7 Å². The predicted molar refractivity (Wildman–Crippen MR) is 66.8 cm³/mol. The van der Waals surface area contributed by atoms with Crippen LogP contribution < -0.4 is 0 Å². The summed E-state index contributed by atoms with van der Waals surface area (Å²) in [5, 5.41) is 0. The molecule has 0 unspecified atom stereocenters. The topological polar surface area (TPSA) is 18.5 Å². The molecule has 2 nitrogen and oxygen atoms in total. The van der Waals surface area contributed by atoms with E-state index in [1.54, 1.807) is 6.07 Å². The zero-order valence-electron chi connectivity index (χ0n) is 11.2. The summed E-state index contributed by atoms with van der Waals surface area (Å²) >= 11 is 0. The molecule has 1 aromatic rings. The molecule has 1 rings (SSSR count). The Morgan fingerprint density at radius 3 is 2.26 bits per heavy atom. The monoisotopic (exact) mass is 276 g/mol. The summed E-state index contributed by atoms with van der Waals surface area (Å²) in [7, 11) is 0. The van der Waals surface area contributed by atoms with Gasteiger partial charge in [0.2, 0.25) is 0 Å². The van der Waals surface area contributed by atoms with Gasteiger partial charge < -0.3 is 9.47 Å². The van der Waals surface area contributed by atoms with E-state index in [9.17, 15) is 13.2 Å². The maximum Gasteiger partial charge on any atom is 0.416 e. The highest BCUT2D eigenvalue weighted by atomic mass is 19.4. The standard InChI is InChI=1S/C14H19F3O2/c1-3-18-13(19-4-2)9-8-11-6-5-7-12(10-11)14(15,16)17/h5-7,10,13H,3-4,8-9H2,1-2H3. The minimum Gasteiger partial charge on any atom is -0.353 e. The lowest BCUT2D eigenvalue weighted by atomic mass is 10.1. The molecule has 0 bridgehead atoms. The van der Waals surface area contributed by atoms with Gasteiger partial charge in [-0.1, -0.05) is 18.2 Å². The van der Waals surface area contributed by atoms with E-state index in [0.29, 0.717) is 31.6 Å². The molecule has 5 heteroatoms. The molecule has 0 aliphatic rings. The quantitative estimate of drug-likeness (QED) is 0.700. The second kappa shape index (κ2) is 7.50. The molecule has 108 valence electrons. The molecule has 0 aromatic heterocycles. The lowest BCUT2D eigenvalue weighted by Gasteiger charge is -2.17. The van der Waals surface area contributed by atoms with Crippen molar-refractivity contribution in [1.82, 2.24) is 0 Å². The molecule has 0 fully saturated rings. The maximum absolute atomic E-state index is 12.6. The van der Waals surface area contributed by atoms with Gasteiger partial charge in [0, 0.05) is 19.6 Å². The first-order chi connectivity index (χ1) is 8.97. The summed E-state index contributed by atoms with van der Waals surface area (Å²) in [6.45, 7) is 4.76. The zero-order valence-corrected chi connectivity index (χ0v) is 11.2.